The van der Waals surface area contributed by atoms with Crippen molar-refractivity contribution in [2.75, 3.05) is 10.6 Å². The van der Waals surface area contributed by atoms with Crippen molar-refractivity contribution in [2.24, 2.45) is 0 Å². The van der Waals surface area contributed by atoms with Crippen LogP contribution >= 0.6 is 11.3 Å². The number of aryl methyl sites for hydroxylation is 3. The lowest BCUT2D eigenvalue weighted by Gasteiger charge is -2.16. The molecule has 238 valence electrons. The van der Waals surface area contributed by atoms with Gasteiger partial charge in [0.2, 0.25) is 0 Å². The van der Waals surface area contributed by atoms with E-state index in [9.17, 15) is 19.8 Å². The smallest absolute Gasteiger partial charge is 0.267 e. The summed E-state index contributed by atoms with van der Waals surface area (Å²) < 4.78 is 3.21. The van der Waals surface area contributed by atoms with Crippen molar-refractivity contribution >= 4 is 50.5 Å². The van der Waals surface area contributed by atoms with Gasteiger partial charge in [-0.25, -0.2) is 4.98 Å². The number of hydrogen-bond acceptors (Lipinski definition) is 6. The molecule has 0 fully saturated rings. The Labute approximate surface area is 271 Å². The van der Waals surface area contributed by atoms with E-state index in [1.54, 1.807) is 16.8 Å². The predicted molar refractivity (Wildman–Crippen MR) is 184 cm³/mol. The van der Waals surface area contributed by atoms with E-state index in [4.69, 9.17) is 4.98 Å². The van der Waals surface area contributed by atoms with Crippen LogP contribution in [0.4, 0.5) is 10.7 Å². The number of thiophene rings is 1. The molecule has 0 atom stereocenters. The van der Waals surface area contributed by atoms with E-state index in [1.807, 2.05) is 43.3 Å². The molecule has 9 nitrogen and oxygen atoms in total. The second kappa shape index (κ2) is 13.8. The number of nitrogens with zero attached hydrogens (tertiary/aromatic N) is 3. The number of hydrogen-bond donors (Lipinski definition) is 3. The highest BCUT2D eigenvalue weighted by Crippen LogP contribution is 2.39. The van der Waals surface area contributed by atoms with Crippen LogP contribution in [0.15, 0.2) is 59.5 Å². The zero-order valence-corrected chi connectivity index (χ0v) is 27.3. The molecular formula is C36H40N6O3S. The molecule has 4 heterocycles. The van der Waals surface area contributed by atoms with E-state index in [0.29, 0.717) is 34.1 Å². The summed E-state index contributed by atoms with van der Waals surface area (Å²) >= 11 is 1.43. The molecule has 6 rings (SSSR count). The summed E-state index contributed by atoms with van der Waals surface area (Å²) in [6.45, 7) is 4.56. The Balaban J connectivity index is 1.40. The summed E-state index contributed by atoms with van der Waals surface area (Å²) in [4.78, 5) is 47.5. The molecule has 0 bridgehead atoms. The number of aromatic nitrogens is 3. The number of para-hydroxylation sites is 1. The van der Waals surface area contributed by atoms with Crippen LogP contribution in [0.5, 0.6) is 0 Å². The van der Waals surface area contributed by atoms with Crippen LogP contribution in [0.25, 0.3) is 16.7 Å². The van der Waals surface area contributed by atoms with Crippen LogP contribution in [0.1, 0.15) is 95.0 Å². The number of unbranched alkanes of at least 4 members (excludes halogenated alkanes) is 5. The van der Waals surface area contributed by atoms with Crippen molar-refractivity contribution in [3.05, 3.63) is 97.7 Å². The molecule has 0 radical (unpaired) electrons. The first-order valence-electron chi connectivity index (χ1n) is 16.3. The highest BCUT2D eigenvalue weighted by molar-refractivity contribution is 7.17. The molecular weight excluding hydrogens is 597 g/mol. The maximum Gasteiger partial charge on any atom is 0.267 e. The number of nitrogens with one attached hydrogen (secondary N) is 3. The van der Waals surface area contributed by atoms with E-state index in [-0.39, 0.29) is 27.9 Å². The van der Waals surface area contributed by atoms with E-state index in [1.165, 1.54) is 28.2 Å². The Morgan fingerprint density at radius 2 is 1.70 bits per heavy atom. The number of anilines is 2. The van der Waals surface area contributed by atoms with Crippen molar-refractivity contribution in [1.29, 1.82) is 5.41 Å². The summed E-state index contributed by atoms with van der Waals surface area (Å²) in [6, 6.07) is 14.5. The average molecular weight is 637 g/mol. The van der Waals surface area contributed by atoms with Gasteiger partial charge < -0.3 is 15.2 Å². The van der Waals surface area contributed by atoms with Crippen molar-refractivity contribution in [3.8, 4) is 0 Å². The van der Waals surface area contributed by atoms with Gasteiger partial charge in [0.15, 0.2) is 0 Å². The maximum absolute atomic E-state index is 14.1. The second-order valence-corrected chi connectivity index (χ2v) is 13.2. The number of amides is 2. The van der Waals surface area contributed by atoms with Crippen molar-refractivity contribution in [3.63, 3.8) is 0 Å². The maximum atomic E-state index is 14.1. The number of carbonyl (C=O) groups excluding carboxylic acids is 2. The number of benzene rings is 1. The van der Waals surface area contributed by atoms with Gasteiger partial charge in [-0.2, -0.15) is 0 Å². The lowest BCUT2D eigenvalue weighted by Crippen LogP contribution is -2.32. The molecule has 5 aromatic rings. The van der Waals surface area contributed by atoms with Crippen LogP contribution < -0.4 is 21.7 Å². The minimum atomic E-state index is -0.523. The van der Waals surface area contributed by atoms with Crippen LogP contribution in [0, 0.1) is 12.3 Å². The molecule has 10 heteroatoms. The van der Waals surface area contributed by atoms with Gasteiger partial charge in [0.25, 0.3) is 17.4 Å². The first-order chi connectivity index (χ1) is 22.4. The molecule has 1 aliphatic carbocycles. The van der Waals surface area contributed by atoms with Gasteiger partial charge in [-0.15, -0.1) is 11.3 Å². The molecule has 0 saturated heterocycles. The summed E-state index contributed by atoms with van der Waals surface area (Å²) in [5, 5.41) is 15.9. The monoisotopic (exact) mass is 636 g/mol. The minimum absolute atomic E-state index is 0.00000101. The zero-order chi connectivity index (χ0) is 32.2. The molecule has 0 spiro atoms. The lowest BCUT2D eigenvalue weighted by molar-refractivity contribution is 0.102. The molecule has 1 aliphatic rings. The molecule has 1 aromatic carbocycles. The highest BCUT2D eigenvalue weighted by Gasteiger charge is 2.28. The molecule has 0 saturated carbocycles. The van der Waals surface area contributed by atoms with Crippen LogP contribution in [-0.4, -0.2) is 25.8 Å². The molecule has 0 aliphatic heterocycles. The first kappa shape index (κ1) is 31.4. The van der Waals surface area contributed by atoms with Gasteiger partial charge in [0.05, 0.1) is 16.5 Å². The average Bonchev–Trinajstić information content (AvgIpc) is 3.42. The van der Waals surface area contributed by atoms with Gasteiger partial charge in [0.1, 0.15) is 21.8 Å². The first-order valence-corrected chi connectivity index (χ1v) is 17.1. The Bertz CT molecular complexity index is 2040. The third kappa shape index (κ3) is 6.26. The number of fused-ring (bicyclic) bond motifs is 3. The van der Waals surface area contributed by atoms with E-state index in [2.05, 4.69) is 17.6 Å². The normalized spacial score (nSPS) is 12.7. The molecule has 46 heavy (non-hydrogen) atoms. The van der Waals surface area contributed by atoms with Gasteiger partial charge in [-0.3, -0.25) is 24.2 Å². The van der Waals surface area contributed by atoms with Crippen molar-refractivity contribution in [2.45, 2.75) is 84.6 Å². The van der Waals surface area contributed by atoms with E-state index >= 15 is 0 Å². The van der Waals surface area contributed by atoms with Gasteiger partial charge in [0, 0.05) is 23.3 Å². The Morgan fingerprint density at radius 3 is 2.50 bits per heavy atom. The standard InChI is InChI=1S/C36H40N6O3S/c1-3-4-5-6-7-13-20-41-30(37)26(22-27-32(41)39-31-23(2)15-14-21-42(31)36(27)45)33(43)40-35-29(25-18-11-12-19-28(25)46-35)34(44)38-24-16-9-8-10-17-24/h8-10,14-17,21-22,37H,3-7,11-13,18-20H2,1-2H3,(H,38,44)(H,40,43). The molecule has 3 N–H and O–H groups in total. The number of rotatable bonds is 11. The van der Waals surface area contributed by atoms with Crippen LogP contribution in [0.3, 0.4) is 0 Å². The van der Waals surface area contributed by atoms with Crippen molar-refractivity contribution < 1.29 is 9.59 Å². The third-order valence-electron chi connectivity index (χ3n) is 8.77. The largest absolute Gasteiger partial charge is 0.322 e. The SMILES string of the molecule is CCCCCCCCn1c(=N)c(C(=O)Nc2sc3c(c2C(=O)Nc2ccccc2)CCCC3)cc2c(=O)n3cccc(C)c3nc21. The molecule has 2 amide bonds. The Morgan fingerprint density at radius 1 is 0.935 bits per heavy atom. The Kier molecular flexibility index (Phi) is 9.44. The number of pyridine rings is 2. The summed E-state index contributed by atoms with van der Waals surface area (Å²) in [7, 11) is 0. The van der Waals surface area contributed by atoms with Crippen molar-refractivity contribution in [1.82, 2.24) is 14.0 Å². The van der Waals surface area contributed by atoms with Crippen LogP contribution in [0.2, 0.25) is 0 Å². The van der Waals surface area contributed by atoms with Gasteiger partial charge in [-0.1, -0.05) is 63.3 Å². The predicted octanol–water partition coefficient (Wildman–Crippen LogP) is 7.24. The van der Waals surface area contributed by atoms with E-state index < -0.39 is 5.91 Å². The van der Waals surface area contributed by atoms with Gasteiger partial charge >= 0.3 is 0 Å². The lowest BCUT2D eigenvalue weighted by atomic mass is 9.95. The fourth-order valence-corrected chi connectivity index (χ4v) is 7.60. The molecule has 0 unspecified atom stereocenters. The zero-order valence-electron chi connectivity index (χ0n) is 26.4. The topological polar surface area (TPSA) is 121 Å². The second-order valence-electron chi connectivity index (χ2n) is 12.1. The summed E-state index contributed by atoms with van der Waals surface area (Å²) in [6.07, 6.45) is 11.7. The van der Waals surface area contributed by atoms with Crippen LogP contribution in [-0.2, 0) is 19.4 Å². The fourth-order valence-electron chi connectivity index (χ4n) is 6.32. The summed E-state index contributed by atoms with van der Waals surface area (Å²) in [5.74, 6) is -0.794. The Hall–Kier alpha value is -4.57. The third-order valence-corrected chi connectivity index (χ3v) is 9.98. The highest BCUT2D eigenvalue weighted by atomic mass is 32.1. The fraction of sp³-hybridized carbons (Fsp3) is 0.361. The van der Waals surface area contributed by atoms with E-state index in [0.717, 1.165) is 73.8 Å². The quantitative estimate of drug-likeness (QED) is 0.105. The van der Waals surface area contributed by atoms with Gasteiger partial charge in [-0.05, 0) is 74.4 Å². The molecule has 4 aromatic heterocycles. The minimum Gasteiger partial charge on any atom is -0.322 e. The number of carbonyl (C=O) groups is 2. The summed E-state index contributed by atoms with van der Waals surface area (Å²) in [5.41, 5.74) is 3.71.